The van der Waals surface area contributed by atoms with Crippen molar-refractivity contribution in [3.05, 3.63) is 11.8 Å². The molecule has 2 heteroatoms. The van der Waals surface area contributed by atoms with Crippen LogP contribution in [0.4, 0.5) is 0 Å². The van der Waals surface area contributed by atoms with Crippen LogP contribution in [0.3, 0.4) is 0 Å². The van der Waals surface area contributed by atoms with Gasteiger partial charge in [0.15, 0.2) is 0 Å². The summed E-state index contributed by atoms with van der Waals surface area (Å²) in [5.41, 5.74) is 0.913. The second-order valence-electron chi connectivity index (χ2n) is 2.14. The highest BCUT2D eigenvalue weighted by Crippen LogP contribution is 2.16. The summed E-state index contributed by atoms with van der Waals surface area (Å²) in [5.74, 6) is 0. The number of nitrogens with zero attached hydrogens (tertiary/aromatic N) is 1. The predicted molar refractivity (Wildman–Crippen MR) is 34.7 cm³/mol. The Labute approximate surface area is 54.3 Å². The molecule has 0 atom stereocenters. The number of rotatable bonds is 1. The zero-order valence-electron chi connectivity index (χ0n) is 5.26. The lowest BCUT2D eigenvalue weighted by Gasteiger charge is -2.04. The number of isocyanates is 1. The molecule has 1 aliphatic rings. The van der Waals surface area contributed by atoms with Gasteiger partial charge in [-0.15, -0.1) is 0 Å². The number of hydrogen-bond donors (Lipinski definition) is 0. The van der Waals surface area contributed by atoms with Gasteiger partial charge in [-0.1, -0.05) is 6.08 Å². The summed E-state index contributed by atoms with van der Waals surface area (Å²) in [4.78, 5) is 13.3. The average Bonchev–Trinajstić information content (AvgIpc) is 1.91. The molecule has 9 heavy (non-hydrogen) atoms. The topological polar surface area (TPSA) is 29.4 Å². The van der Waals surface area contributed by atoms with E-state index < -0.39 is 0 Å². The van der Waals surface area contributed by atoms with Crippen LogP contribution in [-0.2, 0) is 4.79 Å². The van der Waals surface area contributed by atoms with Gasteiger partial charge in [0, 0.05) is 5.70 Å². The normalized spacial score (nSPS) is 18.0. The summed E-state index contributed by atoms with van der Waals surface area (Å²) in [6.45, 7) is 0. The van der Waals surface area contributed by atoms with E-state index in [0.29, 0.717) is 0 Å². The molecule has 0 heterocycles. The molecule has 0 spiro atoms. The summed E-state index contributed by atoms with van der Waals surface area (Å²) in [7, 11) is 0. The maximum absolute atomic E-state index is 9.74. The molecular weight excluding hydrogens is 114 g/mol. The largest absolute Gasteiger partial charge is 0.240 e. The zero-order valence-corrected chi connectivity index (χ0v) is 5.26. The SMILES string of the molecule is O=C=NC1=CCCCC1. The van der Waals surface area contributed by atoms with E-state index in [1.165, 1.54) is 6.42 Å². The zero-order chi connectivity index (χ0) is 6.53. The van der Waals surface area contributed by atoms with Crippen LogP contribution < -0.4 is 0 Å². The van der Waals surface area contributed by atoms with Gasteiger partial charge in [-0.05, 0) is 25.7 Å². The lowest BCUT2D eigenvalue weighted by Crippen LogP contribution is -1.87. The second kappa shape index (κ2) is 3.21. The fourth-order valence-electron chi connectivity index (χ4n) is 0.981. The minimum Gasteiger partial charge on any atom is -0.211 e. The van der Waals surface area contributed by atoms with Crippen molar-refractivity contribution in [3.63, 3.8) is 0 Å². The minimum absolute atomic E-state index is 0.913. The highest BCUT2D eigenvalue weighted by molar-refractivity contribution is 5.37. The number of aliphatic imine (C=N–C) groups is 1. The van der Waals surface area contributed by atoms with Crippen LogP contribution >= 0.6 is 0 Å². The predicted octanol–water partition coefficient (Wildman–Crippen LogP) is 1.78. The molecule has 0 N–H and O–H groups in total. The lowest BCUT2D eigenvalue weighted by molar-refractivity contribution is 0.563. The second-order valence-corrected chi connectivity index (χ2v) is 2.14. The first-order chi connectivity index (χ1) is 4.43. The molecule has 1 aliphatic carbocycles. The first kappa shape index (κ1) is 6.24. The summed E-state index contributed by atoms with van der Waals surface area (Å²) >= 11 is 0. The van der Waals surface area contributed by atoms with Crippen molar-refractivity contribution in [1.82, 2.24) is 0 Å². The fraction of sp³-hybridized carbons (Fsp3) is 0.571. The Hall–Kier alpha value is -0.880. The molecule has 0 saturated carbocycles. The van der Waals surface area contributed by atoms with Crippen molar-refractivity contribution in [2.24, 2.45) is 4.99 Å². The quantitative estimate of drug-likeness (QED) is 0.386. The van der Waals surface area contributed by atoms with Gasteiger partial charge >= 0.3 is 0 Å². The molecule has 0 aliphatic heterocycles. The van der Waals surface area contributed by atoms with Crippen LogP contribution in [0.25, 0.3) is 0 Å². The van der Waals surface area contributed by atoms with E-state index in [9.17, 15) is 4.79 Å². The maximum atomic E-state index is 9.74. The van der Waals surface area contributed by atoms with Crippen LogP contribution in [0.5, 0.6) is 0 Å². The van der Waals surface area contributed by atoms with Gasteiger partial charge < -0.3 is 0 Å². The molecule has 0 radical (unpaired) electrons. The van der Waals surface area contributed by atoms with Crippen LogP contribution in [0.2, 0.25) is 0 Å². The van der Waals surface area contributed by atoms with Gasteiger partial charge in [-0.2, -0.15) is 4.99 Å². The van der Waals surface area contributed by atoms with Crippen molar-refractivity contribution >= 4 is 6.08 Å². The Bertz CT molecular complexity index is 166. The van der Waals surface area contributed by atoms with E-state index in [4.69, 9.17) is 0 Å². The van der Waals surface area contributed by atoms with Crippen molar-refractivity contribution in [3.8, 4) is 0 Å². The van der Waals surface area contributed by atoms with Crippen LogP contribution in [0, 0.1) is 0 Å². The van der Waals surface area contributed by atoms with E-state index in [2.05, 4.69) is 4.99 Å². The van der Waals surface area contributed by atoms with Crippen molar-refractivity contribution < 1.29 is 4.79 Å². The molecule has 0 aromatic rings. The summed E-state index contributed by atoms with van der Waals surface area (Å²) in [5, 5.41) is 0. The van der Waals surface area contributed by atoms with Crippen molar-refractivity contribution in [1.29, 1.82) is 0 Å². The molecular formula is C7H9NO. The minimum atomic E-state index is 0.913. The molecule has 0 bridgehead atoms. The van der Waals surface area contributed by atoms with Gasteiger partial charge in [0.25, 0.3) is 0 Å². The Morgan fingerprint density at radius 1 is 1.56 bits per heavy atom. The first-order valence-electron chi connectivity index (χ1n) is 3.20. The third kappa shape index (κ3) is 1.82. The number of hydrogen-bond acceptors (Lipinski definition) is 2. The van der Waals surface area contributed by atoms with Crippen LogP contribution in [0.15, 0.2) is 16.8 Å². The molecule has 0 amide bonds. The molecule has 0 unspecified atom stereocenters. The molecule has 1 rings (SSSR count). The highest BCUT2D eigenvalue weighted by Gasteiger charge is 1.99. The number of allylic oxidation sites excluding steroid dienone is 2. The monoisotopic (exact) mass is 123 g/mol. The molecule has 0 fully saturated rings. The molecule has 0 saturated heterocycles. The molecule has 0 aromatic carbocycles. The Kier molecular flexibility index (Phi) is 2.22. The van der Waals surface area contributed by atoms with E-state index >= 15 is 0 Å². The van der Waals surface area contributed by atoms with E-state index in [0.717, 1.165) is 25.0 Å². The van der Waals surface area contributed by atoms with E-state index in [1.54, 1.807) is 6.08 Å². The summed E-state index contributed by atoms with van der Waals surface area (Å²) in [6.07, 6.45) is 7.97. The van der Waals surface area contributed by atoms with E-state index in [1.807, 2.05) is 6.08 Å². The lowest BCUT2D eigenvalue weighted by atomic mass is 10.1. The van der Waals surface area contributed by atoms with Gasteiger partial charge in [-0.25, -0.2) is 4.79 Å². The van der Waals surface area contributed by atoms with Crippen LogP contribution in [-0.4, -0.2) is 6.08 Å². The highest BCUT2D eigenvalue weighted by atomic mass is 16.1. The summed E-state index contributed by atoms with van der Waals surface area (Å²) in [6, 6.07) is 0. The van der Waals surface area contributed by atoms with Crippen molar-refractivity contribution in [2.45, 2.75) is 25.7 Å². The molecule has 2 nitrogen and oxygen atoms in total. The number of carbonyl (C=O) groups excluding carboxylic acids is 1. The van der Waals surface area contributed by atoms with Gasteiger partial charge in [0.2, 0.25) is 6.08 Å². The first-order valence-corrected chi connectivity index (χ1v) is 3.20. The Morgan fingerprint density at radius 2 is 2.44 bits per heavy atom. The molecule has 48 valence electrons. The Balaban J connectivity index is 2.56. The van der Waals surface area contributed by atoms with Gasteiger partial charge in [0.05, 0.1) is 0 Å². The van der Waals surface area contributed by atoms with Gasteiger partial charge in [-0.3, -0.25) is 0 Å². The van der Waals surface area contributed by atoms with Crippen molar-refractivity contribution in [2.75, 3.05) is 0 Å². The van der Waals surface area contributed by atoms with Crippen LogP contribution in [0.1, 0.15) is 25.7 Å². The Morgan fingerprint density at radius 3 is 3.00 bits per heavy atom. The van der Waals surface area contributed by atoms with E-state index in [-0.39, 0.29) is 0 Å². The standard InChI is InChI=1S/C7H9NO/c9-6-8-7-4-2-1-3-5-7/h4H,1-3,5H2. The smallest absolute Gasteiger partial charge is 0.211 e. The third-order valence-corrected chi connectivity index (χ3v) is 1.46. The fourth-order valence-corrected chi connectivity index (χ4v) is 0.981. The average molecular weight is 123 g/mol. The maximum Gasteiger partial charge on any atom is 0.240 e. The molecule has 0 aromatic heterocycles. The van der Waals surface area contributed by atoms with Gasteiger partial charge in [0.1, 0.15) is 0 Å². The third-order valence-electron chi connectivity index (χ3n) is 1.46. The summed E-state index contributed by atoms with van der Waals surface area (Å²) < 4.78 is 0.